The molecule has 19 heavy (non-hydrogen) atoms. The molecule has 7 nitrogen and oxygen atoms in total. The smallest absolute Gasteiger partial charge is 0.228 e. The first-order valence-corrected chi connectivity index (χ1v) is 5.92. The van der Waals surface area contributed by atoms with E-state index in [0.717, 1.165) is 22.8 Å². The molecular formula is C12H14N6O. The maximum absolute atomic E-state index is 11.3. The number of nitrogens with zero attached hydrogens (tertiary/aromatic N) is 3. The second-order valence-electron chi connectivity index (χ2n) is 4.53. The number of benzene rings is 1. The van der Waals surface area contributed by atoms with Crippen molar-refractivity contribution in [2.75, 3.05) is 16.4 Å². The molecule has 0 atom stereocenters. The van der Waals surface area contributed by atoms with E-state index in [2.05, 4.69) is 20.8 Å². The van der Waals surface area contributed by atoms with Crippen molar-refractivity contribution in [3.8, 4) is 0 Å². The normalized spacial score (nSPS) is 13.2. The summed E-state index contributed by atoms with van der Waals surface area (Å²) < 4.78 is 1.83. The molecule has 1 aliphatic rings. The van der Waals surface area contributed by atoms with Crippen LogP contribution in [-0.2, 0) is 24.8 Å². The summed E-state index contributed by atoms with van der Waals surface area (Å²) in [7, 11) is 1.88. The molecule has 2 aromatic rings. The molecule has 2 heterocycles. The van der Waals surface area contributed by atoms with E-state index < -0.39 is 0 Å². The lowest BCUT2D eigenvalue weighted by Gasteiger charge is -2.11. The van der Waals surface area contributed by atoms with E-state index in [-0.39, 0.29) is 5.91 Å². The fourth-order valence-electron chi connectivity index (χ4n) is 2.09. The predicted molar refractivity (Wildman–Crippen MR) is 71.5 cm³/mol. The Kier molecular flexibility index (Phi) is 2.59. The van der Waals surface area contributed by atoms with E-state index in [1.165, 1.54) is 0 Å². The van der Waals surface area contributed by atoms with Crippen LogP contribution < -0.4 is 16.4 Å². The van der Waals surface area contributed by atoms with Gasteiger partial charge in [-0.3, -0.25) is 4.79 Å². The van der Waals surface area contributed by atoms with E-state index >= 15 is 0 Å². The lowest BCUT2D eigenvalue weighted by molar-refractivity contribution is -0.115. The van der Waals surface area contributed by atoms with Crippen molar-refractivity contribution >= 4 is 23.0 Å². The summed E-state index contributed by atoms with van der Waals surface area (Å²) in [5.74, 6) is 0.809. The highest BCUT2D eigenvalue weighted by Crippen LogP contribution is 2.31. The van der Waals surface area contributed by atoms with Crippen LogP contribution in [0.15, 0.2) is 18.5 Å². The minimum Gasteiger partial charge on any atom is -0.397 e. The van der Waals surface area contributed by atoms with Crippen LogP contribution in [-0.4, -0.2) is 20.7 Å². The number of amides is 1. The van der Waals surface area contributed by atoms with Crippen LogP contribution in [0, 0.1) is 0 Å². The molecular weight excluding hydrogens is 244 g/mol. The number of nitrogen functional groups attached to an aromatic ring is 1. The number of carbonyl (C=O) groups excluding carboxylic acids is 1. The summed E-state index contributed by atoms with van der Waals surface area (Å²) in [6.07, 6.45) is 2.03. The van der Waals surface area contributed by atoms with Gasteiger partial charge in [-0.05, 0) is 17.7 Å². The predicted octanol–water partition coefficient (Wildman–Crippen LogP) is 0.504. The quantitative estimate of drug-likeness (QED) is 0.697. The first-order valence-electron chi connectivity index (χ1n) is 5.92. The van der Waals surface area contributed by atoms with Gasteiger partial charge in [0, 0.05) is 12.7 Å². The molecule has 1 amide bonds. The van der Waals surface area contributed by atoms with E-state index in [4.69, 9.17) is 5.73 Å². The molecule has 0 unspecified atom stereocenters. The van der Waals surface area contributed by atoms with Crippen molar-refractivity contribution in [1.29, 1.82) is 0 Å². The summed E-state index contributed by atoms with van der Waals surface area (Å²) in [5.41, 5.74) is 9.13. The van der Waals surface area contributed by atoms with Gasteiger partial charge in [-0.15, -0.1) is 10.2 Å². The average molecular weight is 258 g/mol. The molecule has 3 rings (SSSR count). The average Bonchev–Trinajstić information content (AvgIpc) is 2.91. The highest BCUT2D eigenvalue weighted by Gasteiger charge is 2.19. The van der Waals surface area contributed by atoms with Gasteiger partial charge in [0.2, 0.25) is 5.91 Å². The lowest BCUT2D eigenvalue weighted by Crippen LogP contribution is -2.07. The first kappa shape index (κ1) is 11.5. The molecule has 0 aliphatic carbocycles. The Labute approximate surface area is 109 Å². The second-order valence-corrected chi connectivity index (χ2v) is 4.53. The SMILES string of the molecule is Cn1cnnc1CNc1cc2c(cc1N)CC(=O)N2. The Morgan fingerprint density at radius 2 is 2.37 bits per heavy atom. The molecule has 4 N–H and O–H groups in total. The third kappa shape index (κ3) is 2.10. The molecule has 0 saturated carbocycles. The Balaban J connectivity index is 1.80. The molecule has 0 fully saturated rings. The summed E-state index contributed by atoms with van der Waals surface area (Å²) in [4.78, 5) is 11.3. The number of nitrogens with two attached hydrogens (primary N) is 1. The van der Waals surface area contributed by atoms with Crippen LogP contribution in [0.25, 0.3) is 0 Å². The minimum absolute atomic E-state index is 0.000138. The van der Waals surface area contributed by atoms with Gasteiger partial charge in [0.05, 0.1) is 24.3 Å². The summed E-state index contributed by atoms with van der Waals surface area (Å²) in [5, 5.41) is 13.8. The van der Waals surface area contributed by atoms with Crippen molar-refractivity contribution < 1.29 is 4.79 Å². The third-order valence-electron chi connectivity index (χ3n) is 3.14. The van der Waals surface area contributed by atoms with Gasteiger partial charge in [-0.1, -0.05) is 0 Å². The maximum Gasteiger partial charge on any atom is 0.228 e. The zero-order chi connectivity index (χ0) is 13.4. The fraction of sp³-hybridized carbons (Fsp3) is 0.250. The van der Waals surface area contributed by atoms with Crippen LogP contribution >= 0.6 is 0 Å². The Morgan fingerprint density at radius 1 is 1.53 bits per heavy atom. The summed E-state index contributed by atoms with van der Waals surface area (Å²) in [6.45, 7) is 0.521. The number of aryl methyl sites for hydroxylation is 1. The number of fused-ring (bicyclic) bond motifs is 1. The molecule has 0 saturated heterocycles. The minimum atomic E-state index is -0.000138. The first-order chi connectivity index (χ1) is 9.13. The lowest BCUT2D eigenvalue weighted by atomic mass is 10.1. The molecule has 7 heteroatoms. The van der Waals surface area contributed by atoms with Gasteiger partial charge in [0.25, 0.3) is 0 Å². The van der Waals surface area contributed by atoms with Crippen LogP contribution in [0.3, 0.4) is 0 Å². The number of carbonyl (C=O) groups is 1. The highest BCUT2D eigenvalue weighted by atomic mass is 16.1. The van der Waals surface area contributed by atoms with E-state index in [1.807, 2.05) is 23.7 Å². The Bertz CT molecular complexity index is 648. The number of nitrogens with one attached hydrogen (secondary N) is 2. The molecule has 98 valence electrons. The molecule has 1 aromatic heterocycles. The van der Waals surface area contributed by atoms with E-state index in [1.54, 1.807) is 6.33 Å². The molecule has 0 bridgehead atoms. The number of anilines is 3. The Morgan fingerprint density at radius 3 is 3.11 bits per heavy atom. The van der Waals surface area contributed by atoms with Crippen molar-refractivity contribution in [3.63, 3.8) is 0 Å². The Hall–Kier alpha value is -2.57. The van der Waals surface area contributed by atoms with Gasteiger partial charge in [0.1, 0.15) is 6.33 Å². The highest BCUT2D eigenvalue weighted by molar-refractivity contribution is 6.00. The summed E-state index contributed by atoms with van der Waals surface area (Å²) >= 11 is 0. The zero-order valence-electron chi connectivity index (χ0n) is 10.5. The fourth-order valence-corrected chi connectivity index (χ4v) is 2.09. The number of hydrogen-bond acceptors (Lipinski definition) is 5. The van der Waals surface area contributed by atoms with Gasteiger partial charge < -0.3 is 20.9 Å². The van der Waals surface area contributed by atoms with Crippen LogP contribution in [0.2, 0.25) is 0 Å². The summed E-state index contributed by atoms with van der Waals surface area (Å²) in [6, 6.07) is 3.68. The van der Waals surface area contributed by atoms with Gasteiger partial charge in [-0.2, -0.15) is 0 Å². The van der Waals surface area contributed by atoms with Gasteiger partial charge >= 0.3 is 0 Å². The number of aromatic nitrogens is 3. The van der Waals surface area contributed by atoms with Crippen LogP contribution in [0.5, 0.6) is 0 Å². The number of hydrogen-bond donors (Lipinski definition) is 3. The molecule has 0 spiro atoms. The topological polar surface area (TPSA) is 97.9 Å². The standard InChI is InChI=1S/C12H14N6O/c1-18-6-15-17-11(18)5-14-10-4-9-7(2-8(10)13)3-12(19)16-9/h2,4,6,14H,3,5,13H2,1H3,(H,16,19). The second kappa shape index (κ2) is 4.27. The van der Waals surface area contributed by atoms with Crippen LogP contribution in [0.1, 0.15) is 11.4 Å². The van der Waals surface area contributed by atoms with Crippen LogP contribution in [0.4, 0.5) is 17.1 Å². The number of rotatable bonds is 3. The van der Waals surface area contributed by atoms with Gasteiger partial charge in [-0.25, -0.2) is 0 Å². The van der Waals surface area contributed by atoms with Crippen molar-refractivity contribution in [2.45, 2.75) is 13.0 Å². The largest absolute Gasteiger partial charge is 0.397 e. The molecule has 0 radical (unpaired) electrons. The van der Waals surface area contributed by atoms with E-state index in [9.17, 15) is 4.79 Å². The molecule has 1 aliphatic heterocycles. The van der Waals surface area contributed by atoms with Gasteiger partial charge in [0.15, 0.2) is 5.82 Å². The van der Waals surface area contributed by atoms with E-state index in [0.29, 0.717) is 18.7 Å². The zero-order valence-corrected chi connectivity index (χ0v) is 10.5. The van der Waals surface area contributed by atoms with Crippen molar-refractivity contribution in [3.05, 3.63) is 29.8 Å². The monoisotopic (exact) mass is 258 g/mol. The molecule has 1 aromatic carbocycles. The van der Waals surface area contributed by atoms with Crippen molar-refractivity contribution in [1.82, 2.24) is 14.8 Å². The third-order valence-corrected chi connectivity index (χ3v) is 3.14. The van der Waals surface area contributed by atoms with Crippen molar-refractivity contribution in [2.24, 2.45) is 7.05 Å². The maximum atomic E-state index is 11.3.